The molecule has 0 aromatic heterocycles. The molecule has 2 rings (SSSR count). The van der Waals surface area contributed by atoms with E-state index >= 15 is 0 Å². The van der Waals surface area contributed by atoms with Gasteiger partial charge in [-0.25, -0.2) is 0 Å². The molecule has 1 heterocycles. The standard InChI is InChI=1S/C9H17NO2/c11-6-8(12)5-10-4-3-9(7-10)1-2-9/h8,11-12H,1-7H2. The van der Waals surface area contributed by atoms with E-state index < -0.39 is 6.10 Å². The number of β-amino-alcohol motifs (C(OH)–C–C–N with tert-alkyl or cyclic N) is 1. The van der Waals surface area contributed by atoms with Crippen LogP contribution in [0.3, 0.4) is 0 Å². The molecular weight excluding hydrogens is 154 g/mol. The van der Waals surface area contributed by atoms with Crippen molar-refractivity contribution >= 4 is 0 Å². The van der Waals surface area contributed by atoms with Gasteiger partial charge in [-0.05, 0) is 31.2 Å². The Morgan fingerprint density at radius 2 is 2.08 bits per heavy atom. The molecule has 0 amide bonds. The lowest BCUT2D eigenvalue weighted by Crippen LogP contribution is -2.32. The number of rotatable bonds is 3. The van der Waals surface area contributed by atoms with Gasteiger partial charge >= 0.3 is 0 Å². The second-order valence-electron chi connectivity index (χ2n) is 4.32. The van der Waals surface area contributed by atoms with Crippen LogP contribution in [0.2, 0.25) is 0 Å². The highest BCUT2D eigenvalue weighted by Gasteiger charge is 2.47. The Morgan fingerprint density at radius 1 is 1.33 bits per heavy atom. The fraction of sp³-hybridized carbons (Fsp3) is 1.00. The lowest BCUT2D eigenvalue weighted by atomic mass is 10.1. The van der Waals surface area contributed by atoms with Crippen molar-refractivity contribution in [2.45, 2.75) is 25.4 Å². The van der Waals surface area contributed by atoms with Crippen molar-refractivity contribution < 1.29 is 10.2 Å². The zero-order valence-corrected chi connectivity index (χ0v) is 7.37. The van der Waals surface area contributed by atoms with Gasteiger partial charge in [-0.15, -0.1) is 0 Å². The average Bonchev–Trinajstić information content (AvgIpc) is 2.68. The summed E-state index contributed by atoms with van der Waals surface area (Å²) >= 11 is 0. The first-order valence-corrected chi connectivity index (χ1v) is 4.75. The van der Waals surface area contributed by atoms with E-state index in [1.165, 1.54) is 19.3 Å². The molecule has 2 fully saturated rings. The zero-order valence-electron chi connectivity index (χ0n) is 7.37. The lowest BCUT2D eigenvalue weighted by molar-refractivity contribution is 0.0648. The fourth-order valence-electron chi connectivity index (χ4n) is 2.12. The van der Waals surface area contributed by atoms with Crippen molar-refractivity contribution in [2.75, 3.05) is 26.2 Å². The van der Waals surface area contributed by atoms with Crippen molar-refractivity contribution in [3.05, 3.63) is 0 Å². The van der Waals surface area contributed by atoms with Crippen LogP contribution in [0.4, 0.5) is 0 Å². The maximum Gasteiger partial charge on any atom is 0.0897 e. The molecule has 3 heteroatoms. The van der Waals surface area contributed by atoms with E-state index in [-0.39, 0.29) is 6.61 Å². The molecule has 0 radical (unpaired) electrons. The monoisotopic (exact) mass is 171 g/mol. The maximum absolute atomic E-state index is 9.22. The highest BCUT2D eigenvalue weighted by molar-refractivity contribution is 5.00. The van der Waals surface area contributed by atoms with Crippen molar-refractivity contribution in [2.24, 2.45) is 5.41 Å². The fourth-order valence-corrected chi connectivity index (χ4v) is 2.12. The van der Waals surface area contributed by atoms with Gasteiger partial charge in [0.2, 0.25) is 0 Å². The molecule has 3 nitrogen and oxygen atoms in total. The summed E-state index contributed by atoms with van der Waals surface area (Å²) in [5.41, 5.74) is 0.634. The van der Waals surface area contributed by atoms with Crippen molar-refractivity contribution in [1.29, 1.82) is 0 Å². The summed E-state index contributed by atoms with van der Waals surface area (Å²) in [5, 5.41) is 17.9. The summed E-state index contributed by atoms with van der Waals surface area (Å²) in [6.07, 6.45) is 3.50. The molecule has 70 valence electrons. The largest absolute Gasteiger partial charge is 0.394 e. The molecule has 1 unspecified atom stereocenters. The third kappa shape index (κ3) is 1.63. The van der Waals surface area contributed by atoms with Crippen LogP contribution >= 0.6 is 0 Å². The molecule has 1 spiro atoms. The summed E-state index contributed by atoms with van der Waals surface area (Å²) in [6.45, 7) is 2.79. The van der Waals surface area contributed by atoms with Crippen LogP contribution in [0.5, 0.6) is 0 Å². The van der Waals surface area contributed by atoms with E-state index in [4.69, 9.17) is 5.11 Å². The highest BCUT2D eigenvalue weighted by Crippen LogP contribution is 2.52. The number of likely N-dealkylation sites (tertiary alicyclic amines) is 1. The van der Waals surface area contributed by atoms with E-state index in [9.17, 15) is 5.11 Å². The van der Waals surface area contributed by atoms with Gasteiger partial charge in [-0.3, -0.25) is 0 Å². The summed E-state index contributed by atoms with van der Waals surface area (Å²) in [6, 6.07) is 0. The van der Waals surface area contributed by atoms with E-state index in [1.807, 2.05) is 0 Å². The zero-order chi connectivity index (χ0) is 8.60. The van der Waals surface area contributed by atoms with E-state index in [0.717, 1.165) is 13.1 Å². The molecule has 0 aromatic carbocycles. The first-order chi connectivity index (χ1) is 5.74. The van der Waals surface area contributed by atoms with Crippen LogP contribution in [0.1, 0.15) is 19.3 Å². The molecule has 1 aliphatic heterocycles. The average molecular weight is 171 g/mol. The molecule has 1 aliphatic carbocycles. The molecule has 0 bridgehead atoms. The molecule has 2 aliphatic rings. The van der Waals surface area contributed by atoms with Crippen LogP contribution in [-0.2, 0) is 0 Å². The molecule has 1 saturated heterocycles. The van der Waals surface area contributed by atoms with Gasteiger partial charge in [0.05, 0.1) is 12.7 Å². The number of aliphatic hydroxyl groups excluding tert-OH is 2. The Kier molecular flexibility index (Phi) is 2.10. The minimum atomic E-state index is -0.543. The number of hydrogen-bond acceptors (Lipinski definition) is 3. The Hall–Kier alpha value is -0.120. The summed E-state index contributed by atoms with van der Waals surface area (Å²) in [5.74, 6) is 0. The van der Waals surface area contributed by atoms with Gasteiger partial charge in [0, 0.05) is 13.1 Å². The molecular formula is C9H17NO2. The molecule has 1 atom stereocenters. The number of aliphatic hydroxyl groups is 2. The van der Waals surface area contributed by atoms with Gasteiger partial charge in [0.25, 0.3) is 0 Å². The second-order valence-corrected chi connectivity index (χ2v) is 4.32. The number of nitrogens with zero attached hydrogens (tertiary/aromatic N) is 1. The van der Waals surface area contributed by atoms with Crippen LogP contribution in [0.15, 0.2) is 0 Å². The third-order valence-electron chi connectivity index (χ3n) is 3.15. The van der Waals surface area contributed by atoms with Crippen LogP contribution < -0.4 is 0 Å². The quantitative estimate of drug-likeness (QED) is 0.619. The maximum atomic E-state index is 9.22. The predicted octanol–water partition coefficient (Wildman–Crippen LogP) is -0.175. The van der Waals surface area contributed by atoms with Gasteiger partial charge in [-0.1, -0.05) is 0 Å². The Labute approximate surface area is 73.0 Å². The molecule has 2 N–H and O–H groups in total. The lowest BCUT2D eigenvalue weighted by Gasteiger charge is -2.18. The number of hydrogen-bond donors (Lipinski definition) is 2. The van der Waals surface area contributed by atoms with Gasteiger partial charge in [-0.2, -0.15) is 0 Å². The molecule has 1 saturated carbocycles. The van der Waals surface area contributed by atoms with Gasteiger partial charge in [0.15, 0.2) is 0 Å². The topological polar surface area (TPSA) is 43.7 Å². The minimum Gasteiger partial charge on any atom is -0.394 e. The van der Waals surface area contributed by atoms with E-state index in [2.05, 4.69) is 4.90 Å². The SMILES string of the molecule is OCC(O)CN1CCC2(CC2)C1. The smallest absolute Gasteiger partial charge is 0.0897 e. The Balaban J connectivity index is 1.76. The third-order valence-corrected chi connectivity index (χ3v) is 3.15. The first-order valence-electron chi connectivity index (χ1n) is 4.75. The normalized spacial score (nSPS) is 29.5. The first kappa shape index (κ1) is 8.48. The molecule has 12 heavy (non-hydrogen) atoms. The highest BCUT2D eigenvalue weighted by atomic mass is 16.3. The van der Waals surface area contributed by atoms with Crippen molar-refractivity contribution in [3.63, 3.8) is 0 Å². The predicted molar refractivity (Wildman–Crippen MR) is 45.8 cm³/mol. The summed E-state index contributed by atoms with van der Waals surface area (Å²) < 4.78 is 0. The Morgan fingerprint density at radius 3 is 2.58 bits per heavy atom. The minimum absolute atomic E-state index is 0.108. The van der Waals surface area contributed by atoms with Crippen molar-refractivity contribution in [1.82, 2.24) is 4.90 Å². The van der Waals surface area contributed by atoms with Gasteiger partial charge in [0.1, 0.15) is 0 Å². The van der Waals surface area contributed by atoms with E-state index in [0.29, 0.717) is 12.0 Å². The van der Waals surface area contributed by atoms with Crippen LogP contribution in [0.25, 0.3) is 0 Å². The second kappa shape index (κ2) is 2.98. The van der Waals surface area contributed by atoms with E-state index in [1.54, 1.807) is 0 Å². The van der Waals surface area contributed by atoms with Crippen molar-refractivity contribution in [3.8, 4) is 0 Å². The van der Waals surface area contributed by atoms with Gasteiger partial charge < -0.3 is 15.1 Å². The van der Waals surface area contributed by atoms with Crippen LogP contribution in [0, 0.1) is 5.41 Å². The summed E-state index contributed by atoms with van der Waals surface area (Å²) in [7, 11) is 0. The molecule has 0 aromatic rings. The Bertz CT molecular complexity index is 168. The van der Waals surface area contributed by atoms with Crippen LogP contribution in [-0.4, -0.2) is 47.5 Å². The summed E-state index contributed by atoms with van der Waals surface area (Å²) in [4.78, 5) is 2.27.